The van der Waals surface area contributed by atoms with Gasteiger partial charge in [-0.1, -0.05) is 25.8 Å². The summed E-state index contributed by atoms with van der Waals surface area (Å²) in [5, 5.41) is 9.78. The van der Waals surface area contributed by atoms with Crippen molar-refractivity contribution >= 4 is 12.4 Å². The Labute approximate surface area is 113 Å². The molecule has 0 aliphatic rings. The molecule has 0 fully saturated rings. The molecule has 1 aromatic carbocycles. The van der Waals surface area contributed by atoms with E-state index in [1.807, 2.05) is 6.92 Å². The number of aliphatic hydroxyl groups is 1. The molecule has 1 aromatic rings. The lowest BCUT2D eigenvalue weighted by Crippen LogP contribution is -2.28. The Kier molecular flexibility index (Phi) is 7.36. The maximum Gasteiger partial charge on any atom is 0.133 e. The Balaban J connectivity index is 0.00000289. The number of rotatable bonds is 5. The third-order valence-electron chi connectivity index (χ3n) is 2.92. The molecule has 0 saturated carbocycles. The van der Waals surface area contributed by atoms with Gasteiger partial charge < -0.3 is 10.8 Å². The maximum atomic E-state index is 13.8. The first kappa shape index (κ1) is 17.3. The average Bonchev–Trinajstić information content (AvgIpc) is 2.31. The number of halogens is 3. The molecule has 2 nitrogen and oxygen atoms in total. The first-order chi connectivity index (χ1) is 7.99. The molecule has 5 heteroatoms. The first-order valence-electron chi connectivity index (χ1n) is 5.87. The van der Waals surface area contributed by atoms with Gasteiger partial charge in [-0.15, -0.1) is 12.4 Å². The molecule has 0 aliphatic carbocycles. The smallest absolute Gasteiger partial charge is 0.133 e. The van der Waals surface area contributed by atoms with E-state index in [9.17, 15) is 13.9 Å². The van der Waals surface area contributed by atoms with Crippen molar-refractivity contribution in [3.63, 3.8) is 0 Å². The van der Waals surface area contributed by atoms with E-state index in [1.165, 1.54) is 12.1 Å². The third kappa shape index (κ3) is 3.90. The van der Waals surface area contributed by atoms with Gasteiger partial charge in [-0.3, -0.25) is 0 Å². The van der Waals surface area contributed by atoms with Crippen molar-refractivity contribution < 1.29 is 13.9 Å². The Morgan fingerprint density at radius 1 is 1.33 bits per heavy atom. The van der Waals surface area contributed by atoms with Gasteiger partial charge in [-0.05, 0) is 25.0 Å². The molecular weight excluding hydrogens is 260 g/mol. The summed E-state index contributed by atoms with van der Waals surface area (Å²) in [6.45, 7) is 3.52. The number of hydrogen-bond acceptors (Lipinski definition) is 2. The molecule has 0 heterocycles. The van der Waals surface area contributed by atoms with E-state index in [-0.39, 0.29) is 18.0 Å². The number of hydrogen-bond donors (Lipinski definition) is 2. The summed E-state index contributed by atoms with van der Waals surface area (Å²) in [7, 11) is 0. The van der Waals surface area contributed by atoms with Crippen LogP contribution in [0.2, 0.25) is 0 Å². The van der Waals surface area contributed by atoms with E-state index in [0.29, 0.717) is 12.0 Å². The van der Waals surface area contributed by atoms with E-state index in [0.717, 1.165) is 12.8 Å². The van der Waals surface area contributed by atoms with Gasteiger partial charge in [0, 0.05) is 5.56 Å². The van der Waals surface area contributed by atoms with Crippen LogP contribution in [0.1, 0.15) is 43.4 Å². The van der Waals surface area contributed by atoms with Gasteiger partial charge in [0.05, 0.1) is 12.1 Å². The summed E-state index contributed by atoms with van der Waals surface area (Å²) >= 11 is 0. The van der Waals surface area contributed by atoms with Crippen LogP contribution in [0.3, 0.4) is 0 Å². The highest BCUT2D eigenvalue weighted by molar-refractivity contribution is 5.85. The number of aliphatic hydroxyl groups excluding tert-OH is 1. The monoisotopic (exact) mass is 279 g/mol. The van der Waals surface area contributed by atoms with Crippen LogP contribution < -0.4 is 5.73 Å². The van der Waals surface area contributed by atoms with E-state index >= 15 is 0 Å². The summed E-state index contributed by atoms with van der Waals surface area (Å²) in [5.41, 5.74) is 5.84. The second-order valence-corrected chi connectivity index (χ2v) is 4.33. The SMILES string of the molecule is CCCC[C@@H](O)[C@@H](N)c1c(F)ccc(C)c1F.Cl. The van der Waals surface area contributed by atoms with Crippen molar-refractivity contribution in [3.8, 4) is 0 Å². The number of benzene rings is 1. The van der Waals surface area contributed by atoms with Gasteiger partial charge in [-0.25, -0.2) is 8.78 Å². The van der Waals surface area contributed by atoms with Crippen molar-refractivity contribution in [2.45, 2.75) is 45.3 Å². The van der Waals surface area contributed by atoms with Gasteiger partial charge in [-0.2, -0.15) is 0 Å². The van der Waals surface area contributed by atoms with Gasteiger partial charge in [0.2, 0.25) is 0 Å². The summed E-state index contributed by atoms with van der Waals surface area (Å²) in [6.07, 6.45) is 1.22. The van der Waals surface area contributed by atoms with Crippen molar-refractivity contribution in [3.05, 3.63) is 34.9 Å². The molecule has 0 radical (unpaired) electrons. The van der Waals surface area contributed by atoms with Gasteiger partial charge >= 0.3 is 0 Å². The molecule has 0 bridgehead atoms. The minimum Gasteiger partial charge on any atom is -0.391 e. The normalized spacial score (nSPS) is 13.9. The fraction of sp³-hybridized carbons (Fsp3) is 0.538. The molecule has 0 saturated heterocycles. The highest BCUT2D eigenvalue weighted by Crippen LogP contribution is 2.25. The molecule has 1 rings (SSSR count). The minimum atomic E-state index is -1.01. The predicted molar refractivity (Wildman–Crippen MR) is 70.8 cm³/mol. The Morgan fingerprint density at radius 3 is 2.50 bits per heavy atom. The average molecular weight is 280 g/mol. The Bertz CT molecular complexity index is 387. The quantitative estimate of drug-likeness (QED) is 0.869. The molecule has 0 aliphatic heterocycles. The van der Waals surface area contributed by atoms with Crippen molar-refractivity contribution in [1.82, 2.24) is 0 Å². The van der Waals surface area contributed by atoms with Crippen LogP contribution >= 0.6 is 12.4 Å². The highest BCUT2D eigenvalue weighted by Gasteiger charge is 2.24. The molecule has 2 atom stereocenters. The first-order valence-corrected chi connectivity index (χ1v) is 5.87. The lowest BCUT2D eigenvalue weighted by atomic mass is 9.96. The Hall–Kier alpha value is -0.710. The lowest BCUT2D eigenvalue weighted by molar-refractivity contribution is 0.129. The van der Waals surface area contributed by atoms with E-state index in [2.05, 4.69) is 0 Å². The predicted octanol–water partition coefficient (Wildman–Crippen LogP) is 3.25. The zero-order chi connectivity index (χ0) is 13.0. The number of nitrogens with two attached hydrogens (primary N) is 1. The molecule has 104 valence electrons. The third-order valence-corrected chi connectivity index (χ3v) is 2.92. The maximum absolute atomic E-state index is 13.8. The number of aryl methyl sites for hydroxylation is 1. The minimum absolute atomic E-state index is 0. The summed E-state index contributed by atoms with van der Waals surface area (Å²) in [4.78, 5) is 0. The second kappa shape index (κ2) is 7.67. The summed E-state index contributed by atoms with van der Waals surface area (Å²) in [6, 6.07) is 1.53. The van der Waals surface area contributed by atoms with Crippen molar-refractivity contribution in [1.29, 1.82) is 0 Å². The van der Waals surface area contributed by atoms with Crippen LogP contribution in [-0.4, -0.2) is 11.2 Å². The number of unbranched alkanes of at least 4 members (excludes halogenated alkanes) is 1. The largest absolute Gasteiger partial charge is 0.391 e. The summed E-state index contributed by atoms with van der Waals surface area (Å²) < 4.78 is 27.3. The fourth-order valence-electron chi connectivity index (χ4n) is 1.77. The van der Waals surface area contributed by atoms with Crippen LogP contribution in [0.4, 0.5) is 8.78 Å². The standard InChI is InChI=1S/C13H19F2NO.ClH/c1-3-4-5-10(17)13(16)11-9(14)7-6-8(2)12(11)15;/h6-7,10,13,17H,3-5,16H2,1-2H3;1H/t10-,13-;/m1./s1. The topological polar surface area (TPSA) is 46.2 Å². The van der Waals surface area contributed by atoms with Gasteiger partial charge in [0.25, 0.3) is 0 Å². The van der Waals surface area contributed by atoms with Crippen LogP contribution in [-0.2, 0) is 0 Å². The van der Waals surface area contributed by atoms with Crippen molar-refractivity contribution in [2.24, 2.45) is 5.73 Å². The molecule has 0 aromatic heterocycles. The van der Waals surface area contributed by atoms with Crippen LogP contribution in [0.5, 0.6) is 0 Å². The van der Waals surface area contributed by atoms with Crippen molar-refractivity contribution in [2.75, 3.05) is 0 Å². The molecule has 18 heavy (non-hydrogen) atoms. The zero-order valence-electron chi connectivity index (χ0n) is 10.6. The molecule has 0 unspecified atom stereocenters. The van der Waals surface area contributed by atoms with Crippen LogP contribution in [0, 0.1) is 18.6 Å². The van der Waals surface area contributed by atoms with Crippen LogP contribution in [0.15, 0.2) is 12.1 Å². The van der Waals surface area contributed by atoms with E-state index in [1.54, 1.807) is 6.92 Å². The fourth-order valence-corrected chi connectivity index (χ4v) is 1.77. The molecule has 0 spiro atoms. The van der Waals surface area contributed by atoms with Crippen LogP contribution in [0.25, 0.3) is 0 Å². The molecule has 3 N–H and O–H groups in total. The van der Waals surface area contributed by atoms with E-state index in [4.69, 9.17) is 5.73 Å². The van der Waals surface area contributed by atoms with Gasteiger partial charge in [0.15, 0.2) is 0 Å². The lowest BCUT2D eigenvalue weighted by Gasteiger charge is -2.20. The summed E-state index contributed by atoms with van der Waals surface area (Å²) in [5.74, 6) is -1.36. The molecular formula is C13H20ClF2NO. The van der Waals surface area contributed by atoms with E-state index < -0.39 is 23.8 Å². The van der Waals surface area contributed by atoms with Gasteiger partial charge in [0.1, 0.15) is 11.6 Å². The zero-order valence-corrected chi connectivity index (χ0v) is 11.4. The molecule has 0 amide bonds. The second-order valence-electron chi connectivity index (χ2n) is 4.33. The highest BCUT2D eigenvalue weighted by atomic mass is 35.5. The Morgan fingerprint density at radius 2 is 1.94 bits per heavy atom.